The van der Waals surface area contributed by atoms with E-state index >= 15 is 0 Å². The molecule has 0 saturated carbocycles. The fourth-order valence-electron chi connectivity index (χ4n) is 1.09. The summed E-state index contributed by atoms with van der Waals surface area (Å²) in [5, 5.41) is 9.17. The first-order chi connectivity index (χ1) is 7.37. The van der Waals surface area contributed by atoms with Crippen LogP contribution in [0.2, 0.25) is 0 Å². The predicted molar refractivity (Wildman–Crippen MR) is 59.4 cm³/mol. The van der Waals surface area contributed by atoms with E-state index in [1.54, 1.807) is 32.9 Å². The van der Waals surface area contributed by atoms with Gasteiger partial charge in [0, 0.05) is 6.07 Å². The zero-order valence-electron chi connectivity index (χ0n) is 9.69. The number of ether oxygens (including phenoxy) is 2. The highest BCUT2D eigenvalue weighted by molar-refractivity contribution is 5.71. The third-order valence-electron chi connectivity index (χ3n) is 1.59. The largest absolute Gasteiger partial charge is 0.508 e. The minimum Gasteiger partial charge on any atom is -0.508 e. The molecule has 0 saturated heterocycles. The topological polar surface area (TPSA) is 55.8 Å². The van der Waals surface area contributed by atoms with E-state index in [0.29, 0.717) is 5.75 Å². The predicted octanol–water partition coefficient (Wildman–Crippen LogP) is 2.11. The minimum atomic E-state index is -0.515. The van der Waals surface area contributed by atoms with Crippen molar-refractivity contribution in [3.05, 3.63) is 24.3 Å². The lowest BCUT2D eigenvalue weighted by Gasteiger charge is -2.19. The first-order valence-corrected chi connectivity index (χ1v) is 5.00. The van der Waals surface area contributed by atoms with Gasteiger partial charge in [-0.05, 0) is 32.9 Å². The van der Waals surface area contributed by atoms with Crippen molar-refractivity contribution in [1.29, 1.82) is 0 Å². The van der Waals surface area contributed by atoms with Crippen LogP contribution < -0.4 is 4.74 Å². The van der Waals surface area contributed by atoms with Crippen molar-refractivity contribution in [1.82, 2.24) is 0 Å². The third-order valence-corrected chi connectivity index (χ3v) is 1.59. The number of hydrogen-bond donors (Lipinski definition) is 1. The number of carbonyl (C=O) groups is 1. The van der Waals surface area contributed by atoms with Gasteiger partial charge in [0.2, 0.25) is 0 Å². The number of phenolic OH excluding ortho intramolecular Hbond substituents is 1. The number of rotatable bonds is 3. The summed E-state index contributed by atoms with van der Waals surface area (Å²) in [7, 11) is 0. The van der Waals surface area contributed by atoms with Gasteiger partial charge in [0.15, 0.2) is 6.61 Å². The van der Waals surface area contributed by atoms with Crippen molar-refractivity contribution in [3.63, 3.8) is 0 Å². The van der Waals surface area contributed by atoms with Gasteiger partial charge in [-0.25, -0.2) is 4.79 Å². The lowest BCUT2D eigenvalue weighted by atomic mass is 10.2. The van der Waals surface area contributed by atoms with Crippen LogP contribution >= 0.6 is 0 Å². The quantitative estimate of drug-likeness (QED) is 0.799. The van der Waals surface area contributed by atoms with Crippen molar-refractivity contribution in [2.75, 3.05) is 6.61 Å². The van der Waals surface area contributed by atoms with Gasteiger partial charge in [0.05, 0.1) is 0 Å². The van der Waals surface area contributed by atoms with Crippen molar-refractivity contribution >= 4 is 5.97 Å². The Hall–Kier alpha value is -1.71. The van der Waals surface area contributed by atoms with Gasteiger partial charge in [-0.3, -0.25) is 0 Å². The summed E-state index contributed by atoms with van der Waals surface area (Å²) in [6, 6.07) is 6.26. The summed E-state index contributed by atoms with van der Waals surface area (Å²) in [5.74, 6) is 0.100. The lowest BCUT2D eigenvalue weighted by molar-refractivity contribution is -0.157. The zero-order valence-corrected chi connectivity index (χ0v) is 9.69. The van der Waals surface area contributed by atoms with Crippen LogP contribution in [-0.4, -0.2) is 23.3 Å². The number of esters is 1. The Morgan fingerprint density at radius 3 is 2.62 bits per heavy atom. The maximum Gasteiger partial charge on any atom is 0.344 e. The summed E-state index contributed by atoms with van der Waals surface area (Å²) in [4.78, 5) is 11.3. The Balaban J connectivity index is 2.43. The molecule has 1 N–H and O–H groups in total. The molecule has 1 aromatic rings. The van der Waals surface area contributed by atoms with Crippen molar-refractivity contribution in [2.24, 2.45) is 0 Å². The summed E-state index contributed by atoms with van der Waals surface area (Å²) in [5.41, 5.74) is -0.515. The van der Waals surface area contributed by atoms with Crippen LogP contribution in [-0.2, 0) is 9.53 Å². The summed E-state index contributed by atoms with van der Waals surface area (Å²) in [6.45, 7) is 5.21. The normalized spacial score (nSPS) is 10.9. The van der Waals surface area contributed by atoms with E-state index in [1.165, 1.54) is 12.1 Å². The molecular formula is C12H16O4. The van der Waals surface area contributed by atoms with Crippen molar-refractivity contribution in [3.8, 4) is 11.5 Å². The summed E-state index contributed by atoms with van der Waals surface area (Å²) < 4.78 is 10.2. The number of hydrogen-bond acceptors (Lipinski definition) is 4. The third kappa shape index (κ3) is 4.68. The number of carbonyl (C=O) groups excluding carboxylic acids is 1. The Morgan fingerprint density at radius 2 is 2.06 bits per heavy atom. The van der Waals surface area contributed by atoms with Gasteiger partial charge in [-0.2, -0.15) is 0 Å². The highest BCUT2D eigenvalue weighted by Gasteiger charge is 2.16. The van der Waals surface area contributed by atoms with Crippen LogP contribution in [0.25, 0.3) is 0 Å². The molecule has 0 heterocycles. The molecule has 0 aliphatic heterocycles. The van der Waals surface area contributed by atoms with E-state index < -0.39 is 11.6 Å². The molecule has 1 aromatic carbocycles. The van der Waals surface area contributed by atoms with Crippen LogP contribution in [0.4, 0.5) is 0 Å². The first kappa shape index (κ1) is 12.4. The van der Waals surface area contributed by atoms with E-state index in [2.05, 4.69) is 0 Å². The second-order valence-corrected chi connectivity index (χ2v) is 4.37. The number of aromatic hydroxyl groups is 1. The Bertz CT molecular complexity index is 366. The number of benzene rings is 1. The highest BCUT2D eigenvalue weighted by Crippen LogP contribution is 2.17. The molecular weight excluding hydrogens is 208 g/mol. The van der Waals surface area contributed by atoms with Crippen molar-refractivity contribution in [2.45, 2.75) is 26.4 Å². The summed E-state index contributed by atoms with van der Waals surface area (Å²) >= 11 is 0. The Kier molecular flexibility index (Phi) is 3.77. The molecule has 0 bridgehead atoms. The molecule has 88 valence electrons. The molecule has 0 unspecified atom stereocenters. The molecule has 0 radical (unpaired) electrons. The van der Waals surface area contributed by atoms with E-state index in [0.717, 1.165) is 0 Å². The van der Waals surface area contributed by atoms with Gasteiger partial charge in [0.25, 0.3) is 0 Å². The van der Waals surface area contributed by atoms with E-state index in [9.17, 15) is 4.79 Å². The highest BCUT2D eigenvalue weighted by atomic mass is 16.6. The van der Waals surface area contributed by atoms with Gasteiger partial charge < -0.3 is 14.6 Å². The molecule has 4 nitrogen and oxygen atoms in total. The first-order valence-electron chi connectivity index (χ1n) is 5.00. The van der Waals surface area contributed by atoms with Gasteiger partial charge >= 0.3 is 5.97 Å². The molecule has 0 aromatic heterocycles. The zero-order chi connectivity index (χ0) is 12.2. The summed E-state index contributed by atoms with van der Waals surface area (Å²) in [6.07, 6.45) is 0. The molecule has 0 aliphatic rings. The minimum absolute atomic E-state index is 0.0988. The average Bonchev–Trinajstić information content (AvgIpc) is 2.12. The van der Waals surface area contributed by atoms with Crippen LogP contribution in [0.3, 0.4) is 0 Å². The van der Waals surface area contributed by atoms with Crippen LogP contribution in [0, 0.1) is 0 Å². The standard InChI is InChI=1S/C12H16O4/c1-12(2,3)16-11(14)8-15-10-6-4-5-9(13)7-10/h4-7,13H,8H2,1-3H3. The van der Waals surface area contributed by atoms with Crippen molar-refractivity contribution < 1.29 is 19.4 Å². The molecule has 0 aliphatic carbocycles. The maximum absolute atomic E-state index is 11.3. The van der Waals surface area contributed by atoms with E-state index in [-0.39, 0.29) is 12.4 Å². The SMILES string of the molecule is CC(C)(C)OC(=O)COc1cccc(O)c1. The van der Waals surface area contributed by atoms with Crippen LogP contribution in [0.1, 0.15) is 20.8 Å². The monoisotopic (exact) mass is 224 g/mol. The number of phenols is 1. The lowest BCUT2D eigenvalue weighted by Crippen LogP contribution is -2.27. The molecule has 0 atom stereocenters. The Morgan fingerprint density at radius 1 is 1.38 bits per heavy atom. The molecule has 1 rings (SSSR count). The van der Waals surface area contributed by atoms with Gasteiger partial charge in [0.1, 0.15) is 17.1 Å². The average molecular weight is 224 g/mol. The maximum atomic E-state index is 11.3. The van der Waals surface area contributed by atoms with Gasteiger partial charge in [-0.1, -0.05) is 6.07 Å². The second kappa shape index (κ2) is 4.88. The smallest absolute Gasteiger partial charge is 0.344 e. The fraction of sp³-hybridized carbons (Fsp3) is 0.417. The van der Waals surface area contributed by atoms with Gasteiger partial charge in [-0.15, -0.1) is 0 Å². The molecule has 0 fully saturated rings. The molecule has 0 spiro atoms. The molecule has 0 amide bonds. The van der Waals surface area contributed by atoms with E-state index in [4.69, 9.17) is 14.6 Å². The van der Waals surface area contributed by atoms with Crippen LogP contribution in [0.15, 0.2) is 24.3 Å². The fourth-order valence-corrected chi connectivity index (χ4v) is 1.09. The molecule has 16 heavy (non-hydrogen) atoms. The Labute approximate surface area is 94.8 Å². The second-order valence-electron chi connectivity index (χ2n) is 4.37. The van der Waals surface area contributed by atoms with Crippen LogP contribution in [0.5, 0.6) is 11.5 Å². The molecule has 4 heteroatoms. The van der Waals surface area contributed by atoms with E-state index in [1.807, 2.05) is 0 Å².